The van der Waals surface area contributed by atoms with Gasteiger partial charge in [-0.15, -0.1) is 22.6 Å². The molecule has 12 heteroatoms. The van der Waals surface area contributed by atoms with E-state index >= 15 is 0 Å². The lowest BCUT2D eigenvalue weighted by atomic mass is 9.80. The first kappa shape index (κ1) is 29.2. The molecule has 1 aromatic heterocycles. The molecule has 1 aliphatic carbocycles. The van der Waals surface area contributed by atoms with Crippen molar-refractivity contribution in [3.05, 3.63) is 5.89 Å². The molecule has 0 aliphatic heterocycles. The Morgan fingerprint density at radius 1 is 1.18 bits per heavy atom. The van der Waals surface area contributed by atoms with E-state index in [-0.39, 0.29) is 30.1 Å². The molecule has 1 unspecified atom stereocenters. The van der Waals surface area contributed by atoms with Crippen molar-refractivity contribution in [2.45, 2.75) is 69.2 Å². The molecule has 1 saturated carbocycles. The molecule has 1 aromatic rings. The summed E-state index contributed by atoms with van der Waals surface area (Å²) in [7, 11) is 5.20. The number of rotatable bonds is 11. The van der Waals surface area contributed by atoms with E-state index in [1.54, 1.807) is 0 Å². The van der Waals surface area contributed by atoms with Gasteiger partial charge in [0.15, 0.2) is 0 Å². The lowest BCUT2D eigenvalue weighted by Crippen LogP contribution is -2.62. The monoisotopic (exact) mass is 505 g/mol. The summed E-state index contributed by atoms with van der Waals surface area (Å²) in [6, 6.07) is -0.833. The molecular formula is C21H36ClN5O5S. The van der Waals surface area contributed by atoms with Crippen molar-refractivity contribution in [3.8, 4) is 0 Å². The van der Waals surface area contributed by atoms with Crippen LogP contribution in [-0.4, -0.2) is 78.0 Å². The number of thioether (sulfide) groups is 1. The molecule has 10 nitrogen and oxygen atoms in total. The Balaban J connectivity index is 0.00000544. The quantitative estimate of drug-likeness (QED) is 0.344. The van der Waals surface area contributed by atoms with Crippen molar-refractivity contribution in [1.29, 1.82) is 0 Å². The van der Waals surface area contributed by atoms with Gasteiger partial charge in [0.1, 0.15) is 5.54 Å². The van der Waals surface area contributed by atoms with Crippen LogP contribution in [0.2, 0.25) is 0 Å². The average Bonchev–Trinajstić information content (AvgIpc) is 3.21. The third-order valence-corrected chi connectivity index (χ3v) is 6.18. The molecule has 1 heterocycles. The maximum absolute atomic E-state index is 13.3. The number of carbonyl (C=O) groups excluding carboxylic acids is 3. The molecule has 0 saturated heterocycles. The van der Waals surface area contributed by atoms with Crippen molar-refractivity contribution in [2.24, 2.45) is 5.92 Å². The Morgan fingerprint density at radius 3 is 2.42 bits per heavy atom. The first-order valence-electron chi connectivity index (χ1n) is 11.0. The number of Topliss-reactive ketones (excluding diaryl/α,β-unsaturated/α-hetero) is 1. The molecule has 1 aliphatic rings. The number of methoxy groups -OCH3 is 1. The number of carbonyl (C=O) groups is 3. The van der Waals surface area contributed by atoms with Gasteiger partial charge in [0, 0.05) is 12.3 Å². The minimum atomic E-state index is -1.09. The molecule has 0 radical (unpaired) electrons. The van der Waals surface area contributed by atoms with Crippen molar-refractivity contribution < 1.29 is 23.5 Å². The molecule has 0 bridgehead atoms. The molecule has 33 heavy (non-hydrogen) atoms. The largest absolute Gasteiger partial charge is 0.453 e. The van der Waals surface area contributed by atoms with Crippen LogP contribution >= 0.6 is 24.2 Å². The Labute approximate surface area is 205 Å². The highest BCUT2D eigenvalue weighted by Crippen LogP contribution is 2.29. The second kappa shape index (κ2) is 13.8. The fourth-order valence-electron chi connectivity index (χ4n) is 3.64. The molecule has 2 rings (SSSR count). The lowest BCUT2D eigenvalue weighted by molar-refractivity contribution is -0.129. The summed E-state index contributed by atoms with van der Waals surface area (Å²) in [6.07, 6.45) is 3.32. The van der Waals surface area contributed by atoms with Crippen LogP contribution in [0.25, 0.3) is 0 Å². The number of aromatic nitrogens is 2. The third-order valence-electron chi connectivity index (χ3n) is 5.38. The van der Waals surface area contributed by atoms with Gasteiger partial charge < -0.3 is 24.7 Å². The van der Waals surface area contributed by atoms with Crippen LogP contribution in [0.1, 0.15) is 63.1 Å². The second-order valence-electron chi connectivity index (χ2n) is 8.80. The summed E-state index contributed by atoms with van der Waals surface area (Å²) in [4.78, 5) is 40.4. The van der Waals surface area contributed by atoms with Gasteiger partial charge in [-0.05, 0) is 39.3 Å². The third kappa shape index (κ3) is 8.78. The van der Waals surface area contributed by atoms with E-state index < -0.39 is 23.5 Å². The SMILES string of the molecule is COC(=O)NC1(C(=O)NC(CC(C)C)C(=O)c2nnc(SCCN(C)C)o2)CCCCC1.Cl. The van der Waals surface area contributed by atoms with E-state index in [0.29, 0.717) is 24.5 Å². The normalized spacial score (nSPS) is 16.1. The zero-order valence-electron chi connectivity index (χ0n) is 20.0. The van der Waals surface area contributed by atoms with Crippen LogP contribution in [-0.2, 0) is 9.53 Å². The molecule has 1 atom stereocenters. The molecule has 2 N–H and O–H groups in total. The van der Waals surface area contributed by atoms with Gasteiger partial charge in [-0.2, -0.15) is 0 Å². The van der Waals surface area contributed by atoms with Crippen LogP contribution in [0.5, 0.6) is 0 Å². The summed E-state index contributed by atoms with van der Waals surface area (Å²) in [6.45, 7) is 4.76. The number of hydrogen-bond donors (Lipinski definition) is 2. The van der Waals surface area contributed by atoms with Crippen LogP contribution < -0.4 is 10.6 Å². The van der Waals surface area contributed by atoms with Crippen molar-refractivity contribution in [1.82, 2.24) is 25.7 Å². The molecule has 2 amide bonds. The van der Waals surface area contributed by atoms with Gasteiger partial charge in [0.05, 0.1) is 13.2 Å². The molecule has 1 fully saturated rings. The highest BCUT2D eigenvalue weighted by atomic mass is 35.5. The molecule has 188 valence electrons. The van der Waals surface area contributed by atoms with Crippen LogP contribution in [0.4, 0.5) is 4.79 Å². The Hall–Kier alpha value is -1.85. The predicted molar refractivity (Wildman–Crippen MR) is 128 cm³/mol. The molecule has 0 aromatic carbocycles. The number of hydrogen-bond acceptors (Lipinski definition) is 9. The summed E-state index contributed by atoms with van der Waals surface area (Å²) >= 11 is 1.38. The first-order chi connectivity index (χ1) is 15.2. The van der Waals surface area contributed by atoms with Crippen molar-refractivity contribution in [2.75, 3.05) is 33.5 Å². The minimum absolute atomic E-state index is 0. The number of nitrogens with zero attached hydrogens (tertiary/aromatic N) is 3. The van der Waals surface area contributed by atoms with Crippen LogP contribution in [0.15, 0.2) is 9.64 Å². The van der Waals surface area contributed by atoms with Gasteiger partial charge >= 0.3 is 6.09 Å². The summed E-state index contributed by atoms with van der Waals surface area (Å²) in [5.41, 5.74) is -1.09. The van der Waals surface area contributed by atoms with Crippen LogP contribution in [0, 0.1) is 5.92 Å². The van der Waals surface area contributed by atoms with Gasteiger partial charge in [0.25, 0.3) is 11.1 Å². The van der Waals surface area contributed by atoms with Gasteiger partial charge in [-0.3, -0.25) is 9.59 Å². The van der Waals surface area contributed by atoms with E-state index in [1.807, 2.05) is 32.8 Å². The van der Waals surface area contributed by atoms with Gasteiger partial charge in [0.2, 0.25) is 11.7 Å². The molecule has 0 spiro atoms. The van der Waals surface area contributed by atoms with Crippen molar-refractivity contribution in [3.63, 3.8) is 0 Å². The van der Waals surface area contributed by atoms with E-state index in [2.05, 4.69) is 20.8 Å². The van der Waals surface area contributed by atoms with E-state index in [0.717, 1.165) is 31.6 Å². The standard InChI is InChI=1S/C21H35N5O5S.ClH/c1-14(2)13-15(16(27)17-24-25-20(31-17)32-12-11-26(3)4)22-18(28)21(23-19(29)30-5)9-7-6-8-10-21;/h14-15H,6-13H2,1-5H3,(H,22,28)(H,23,29);1H. The smallest absolute Gasteiger partial charge is 0.407 e. The number of alkyl carbamates (subject to hydrolysis) is 1. The maximum Gasteiger partial charge on any atom is 0.407 e. The Kier molecular flexibility index (Phi) is 12.2. The predicted octanol–water partition coefficient (Wildman–Crippen LogP) is 2.92. The highest BCUT2D eigenvalue weighted by Gasteiger charge is 2.43. The number of ether oxygens (including phenoxy) is 1. The number of amides is 2. The number of ketones is 1. The van der Waals surface area contributed by atoms with E-state index in [1.165, 1.54) is 18.9 Å². The van der Waals surface area contributed by atoms with Gasteiger partial charge in [-0.25, -0.2) is 4.79 Å². The Bertz CT molecular complexity index is 783. The average molecular weight is 506 g/mol. The van der Waals surface area contributed by atoms with Gasteiger partial charge in [-0.1, -0.05) is 44.9 Å². The second-order valence-corrected chi connectivity index (χ2v) is 9.85. The topological polar surface area (TPSA) is 127 Å². The van der Waals surface area contributed by atoms with Crippen LogP contribution in [0.3, 0.4) is 0 Å². The zero-order valence-corrected chi connectivity index (χ0v) is 21.6. The minimum Gasteiger partial charge on any atom is -0.453 e. The highest BCUT2D eigenvalue weighted by molar-refractivity contribution is 7.99. The molecular weight excluding hydrogens is 470 g/mol. The maximum atomic E-state index is 13.3. The lowest BCUT2D eigenvalue weighted by Gasteiger charge is -2.37. The van der Waals surface area contributed by atoms with E-state index in [9.17, 15) is 14.4 Å². The zero-order chi connectivity index (χ0) is 23.7. The number of halogens is 1. The summed E-state index contributed by atoms with van der Waals surface area (Å²) in [5.74, 6) is -0.0555. The Morgan fingerprint density at radius 2 is 1.85 bits per heavy atom. The summed E-state index contributed by atoms with van der Waals surface area (Å²) in [5, 5.41) is 13.7. The van der Waals surface area contributed by atoms with Crippen molar-refractivity contribution >= 4 is 42.0 Å². The fraction of sp³-hybridized carbons (Fsp3) is 0.762. The first-order valence-corrected chi connectivity index (χ1v) is 12.0. The summed E-state index contributed by atoms with van der Waals surface area (Å²) < 4.78 is 10.3. The van der Waals surface area contributed by atoms with E-state index in [4.69, 9.17) is 9.15 Å². The fourth-order valence-corrected chi connectivity index (χ4v) is 4.51. The number of nitrogens with one attached hydrogen (secondary N) is 2.